The molecule has 1 saturated heterocycles. The number of nitrogens with one attached hydrogen (secondary N) is 1. The summed E-state index contributed by atoms with van der Waals surface area (Å²) in [6, 6.07) is 2.05. The van der Waals surface area contributed by atoms with E-state index in [1.165, 1.54) is 5.69 Å². The minimum atomic E-state index is 0.609. The summed E-state index contributed by atoms with van der Waals surface area (Å²) in [5, 5.41) is 7.07. The van der Waals surface area contributed by atoms with E-state index < -0.39 is 0 Å². The third kappa shape index (κ3) is 1.69. The second-order valence-corrected chi connectivity index (χ2v) is 3.85. The molecule has 1 aliphatic rings. The Kier molecular flexibility index (Phi) is 2.46. The highest BCUT2D eigenvalue weighted by atomic mass is 79.9. The van der Waals surface area contributed by atoms with Gasteiger partial charge >= 0.3 is 0 Å². The molecule has 1 N–H and O–H groups in total. The normalized spacial score (nSPS) is 19.8. The van der Waals surface area contributed by atoms with E-state index in [9.17, 15) is 0 Å². The van der Waals surface area contributed by atoms with Crippen molar-refractivity contribution in [2.24, 2.45) is 0 Å². The first-order valence-electron chi connectivity index (χ1n) is 4.15. The highest BCUT2D eigenvalue weighted by molar-refractivity contribution is 9.10. The van der Waals surface area contributed by atoms with Crippen molar-refractivity contribution >= 4 is 15.9 Å². The third-order valence-corrected chi connectivity index (χ3v) is 2.63. The van der Waals surface area contributed by atoms with Crippen LogP contribution in [0.2, 0.25) is 0 Å². The van der Waals surface area contributed by atoms with Crippen molar-refractivity contribution < 1.29 is 4.74 Å². The van der Waals surface area contributed by atoms with Crippen LogP contribution < -0.4 is 0 Å². The van der Waals surface area contributed by atoms with Crippen LogP contribution in [-0.2, 0) is 4.74 Å². The summed E-state index contributed by atoms with van der Waals surface area (Å²) in [4.78, 5) is 0. The van der Waals surface area contributed by atoms with Crippen LogP contribution >= 0.6 is 15.9 Å². The quantitative estimate of drug-likeness (QED) is 0.803. The first-order chi connectivity index (χ1) is 5.86. The average Bonchev–Trinajstić information content (AvgIpc) is 2.54. The maximum Gasteiger partial charge on any atom is 0.128 e. The van der Waals surface area contributed by atoms with Gasteiger partial charge in [0.1, 0.15) is 4.60 Å². The first kappa shape index (κ1) is 8.26. The molecule has 1 aliphatic heterocycles. The van der Waals surface area contributed by atoms with Crippen LogP contribution in [0.15, 0.2) is 10.7 Å². The van der Waals surface area contributed by atoms with Gasteiger partial charge in [-0.15, -0.1) is 0 Å². The minimum absolute atomic E-state index is 0.609. The predicted molar refractivity (Wildman–Crippen MR) is 49.1 cm³/mol. The molecule has 3 nitrogen and oxygen atoms in total. The lowest BCUT2D eigenvalue weighted by Crippen LogP contribution is -2.14. The lowest BCUT2D eigenvalue weighted by Gasteiger charge is -2.20. The third-order valence-electron chi connectivity index (χ3n) is 2.23. The van der Waals surface area contributed by atoms with Crippen LogP contribution in [0.3, 0.4) is 0 Å². The van der Waals surface area contributed by atoms with Gasteiger partial charge in [-0.2, -0.15) is 5.10 Å². The van der Waals surface area contributed by atoms with Crippen molar-refractivity contribution in [3.8, 4) is 0 Å². The zero-order valence-electron chi connectivity index (χ0n) is 6.72. The van der Waals surface area contributed by atoms with Crippen LogP contribution in [-0.4, -0.2) is 23.4 Å². The fourth-order valence-electron chi connectivity index (χ4n) is 1.53. The largest absolute Gasteiger partial charge is 0.381 e. The van der Waals surface area contributed by atoms with E-state index in [0.29, 0.717) is 5.92 Å². The van der Waals surface area contributed by atoms with E-state index in [1.807, 2.05) is 0 Å². The van der Waals surface area contributed by atoms with E-state index in [2.05, 4.69) is 32.2 Å². The van der Waals surface area contributed by atoms with Gasteiger partial charge in [0.25, 0.3) is 0 Å². The van der Waals surface area contributed by atoms with Gasteiger partial charge < -0.3 is 4.74 Å². The summed E-state index contributed by atoms with van der Waals surface area (Å²) in [5.41, 5.74) is 1.23. The molecule has 0 atom stereocenters. The van der Waals surface area contributed by atoms with Gasteiger partial charge in [-0.3, -0.25) is 5.10 Å². The maximum atomic E-state index is 5.28. The molecule has 12 heavy (non-hydrogen) atoms. The van der Waals surface area contributed by atoms with Crippen molar-refractivity contribution in [1.82, 2.24) is 10.2 Å². The SMILES string of the molecule is Brc1cc(C2CCOCC2)[nH]n1. The summed E-state index contributed by atoms with van der Waals surface area (Å²) in [6.07, 6.45) is 2.21. The molecule has 0 aromatic carbocycles. The Morgan fingerprint density at radius 1 is 1.50 bits per heavy atom. The van der Waals surface area contributed by atoms with Gasteiger partial charge in [0, 0.05) is 24.8 Å². The number of H-pyrrole nitrogens is 1. The summed E-state index contributed by atoms with van der Waals surface area (Å²) in [5.74, 6) is 0.609. The van der Waals surface area contributed by atoms with Crippen LogP contribution in [0, 0.1) is 0 Å². The molecule has 0 spiro atoms. The first-order valence-corrected chi connectivity index (χ1v) is 4.94. The Bertz CT molecular complexity index is 255. The molecule has 0 radical (unpaired) electrons. The summed E-state index contributed by atoms with van der Waals surface area (Å²) >= 11 is 3.33. The van der Waals surface area contributed by atoms with Gasteiger partial charge in [-0.1, -0.05) is 0 Å². The molecular weight excluding hydrogens is 220 g/mol. The summed E-state index contributed by atoms with van der Waals surface area (Å²) in [7, 11) is 0. The fourth-order valence-corrected chi connectivity index (χ4v) is 1.86. The molecule has 1 fully saturated rings. The smallest absolute Gasteiger partial charge is 0.128 e. The highest BCUT2D eigenvalue weighted by Crippen LogP contribution is 2.26. The second-order valence-electron chi connectivity index (χ2n) is 3.03. The van der Waals surface area contributed by atoms with E-state index in [0.717, 1.165) is 30.7 Å². The zero-order chi connectivity index (χ0) is 8.39. The predicted octanol–water partition coefficient (Wildman–Crippen LogP) is 2.07. The van der Waals surface area contributed by atoms with Crippen LogP contribution in [0.1, 0.15) is 24.5 Å². The van der Waals surface area contributed by atoms with E-state index in [4.69, 9.17) is 4.74 Å². The van der Waals surface area contributed by atoms with Crippen molar-refractivity contribution in [3.63, 3.8) is 0 Å². The maximum absolute atomic E-state index is 5.28. The lowest BCUT2D eigenvalue weighted by atomic mass is 9.97. The molecule has 2 rings (SSSR count). The van der Waals surface area contributed by atoms with Gasteiger partial charge in [0.05, 0.1) is 0 Å². The molecule has 0 bridgehead atoms. The molecule has 66 valence electrons. The molecule has 0 unspecified atom stereocenters. The Balaban J connectivity index is 2.08. The molecule has 2 heterocycles. The van der Waals surface area contributed by atoms with Gasteiger partial charge in [0.2, 0.25) is 0 Å². The number of hydrogen-bond donors (Lipinski definition) is 1. The topological polar surface area (TPSA) is 37.9 Å². The number of rotatable bonds is 1. The molecule has 4 heteroatoms. The van der Waals surface area contributed by atoms with Crippen LogP contribution in [0.25, 0.3) is 0 Å². The van der Waals surface area contributed by atoms with Gasteiger partial charge in [-0.25, -0.2) is 0 Å². The Hall–Kier alpha value is -0.350. The monoisotopic (exact) mass is 230 g/mol. The van der Waals surface area contributed by atoms with Crippen LogP contribution in [0.5, 0.6) is 0 Å². The van der Waals surface area contributed by atoms with Crippen LogP contribution in [0.4, 0.5) is 0 Å². The average molecular weight is 231 g/mol. The number of aromatic nitrogens is 2. The van der Waals surface area contributed by atoms with Crippen molar-refractivity contribution in [3.05, 3.63) is 16.4 Å². The Morgan fingerprint density at radius 3 is 2.83 bits per heavy atom. The van der Waals surface area contributed by atoms with E-state index >= 15 is 0 Å². The minimum Gasteiger partial charge on any atom is -0.381 e. The van der Waals surface area contributed by atoms with Gasteiger partial charge in [-0.05, 0) is 34.8 Å². The Labute approximate surface area is 79.6 Å². The van der Waals surface area contributed by atoms with E-state index in [1.54, 1.807) is 0 Å². The molecule has 0 amide bonds. The second kappa shape index (κ2) is 3.58. The standard InChI is InChI=1S/C8H11BrN2O/c9-8-5-7(10-11-8)6-1-3-12-4-2-6/h5-6H,1-4H2,(H,10,11). The number of aromatic amines is 1. The zero-order valence-corrected chi connectivity index (χ0v) is 8.30. The molecule has 1 aromatic heterocycles. The number of ether oxygens (including phenoxy) is 1. The Morgan fingerprint density at radius 2 is 2.25 bits per heavy atom. The number of nitrogens with zero attached hydrogens (tertiary/aromatic N) is 1. The molecule has 1 aromatic rings. The van der Waals surface area contributed by atoms with Gasteiger partial charge in [0.15, 0.2) is 0 Å². The molecule has 0 saturated carbocycles. The fraction of sp³-hybridized carbons (Fsp3) is 0.625. The number of hydrogen-bond acceptors (Lipinski definition) is 2. The molecule has 0 aliphatic carbocycles. The van der Waals surface area contributed by atoms with Crippen molar-refractivity contribution in [1.29, 1.82) is 0 Å². The lowest BCUT2D eigenvalue weighted by molar-refractivity contribution is 0.0845. The summed E-state index contributed by atoms with van der Waals surface area (Å²) in [6.45, 7) is 1.75. The highest BCUT2D eigenvalue weighted by Gasteiger charge is 2.17. The summed E-state index contributed by atoms with van der Waals surface area (Å²) < 4.78 is 6.17. The molecular formula is C8H11BrN2O. The van der Waals surface area contributed by atoms with E-state index in [-0.39, 0.29) is 0 Å². The van der Waals surface area contributed by atoms with Crippen molar-refractivity contribution in [2.75, 3.05) is 13.2 Å². The van der Waals surface area contributed by atoms with Crippen molar-refractivity contribution in [2.45, 2.75) is 18.8 Å². The number of halogens is 1.